The van der Waals surface area contributed by atoms with E-state index in [-0.39, 0.29) is 0 Å². The first-order valence-electron chi connectivity index (χ1n) is 6.87. The van der Waals surface area contributed by atoms with Crippen LogP contribution in [0.4, 0.5) is 0 Å². The molecular formula is C16H25NO. The molecule has 0 aromatic heterocycles. The molecule has 1 N–H and O–H groups in total. The van der Waals surface area contributed by atoms with Crippen LogP contribution >= 0.6 is 0 Å². The van der Waals surface area contributed by atoms with Crippen LogP contribution in [0.5, 0.6) is 5.75 Å². The predicted molar refractivity (Wildman–Crippen MR) is 76.1 cm³/mol. The Kier molecular flexibility index (Phi) is 3.67. The average Bonchev–Trinajstić information content (AvgIpc) is 3.08. The van der Waals surface area contributed by atoms with Gasteiger partial charge in [0, 0.05) is 17.6 Å². The number of benzene rings is 1. The molecule has 2 heteroatoms. The summed E-state index contributed by atoms with van der Waals surface area (Å²) in [6, 6.07) is 7.26. The van der Waals surface area contributed by atoms with E-state index in [0.717, 1.165) is 5.75 Å². The first kappa shape index (κ1) is 13.4. The first-order chi connectivity index (χ1) is 8.46. The smallest absolute Gasteiger partial charge is 0.123 e. The molecule has 0 spiro atoms. The summed E-state index contributed by atoms with van der Waals surface area (Å²) in [7, 11) is 1.74. The van der Waals surface area contributed by atoms with Crippen LogP contribution in [-0.2, 0) is 0 Å². The number of methoxy groups -OCH3 is 1. The molecule has 0 bridgehead atoms. The minimum atomic E-state index is 0.326. The SMILES string of the molecule is COc1ccc(C)cc1C(C)NC(C)C1(C)CC1. The summed E-state index contributed by atoms with van der Waals surface area (Å²) in [6.07, 6.45) is 2.69. The van der Waals surface area contributed by atoms with Crippen molar-refractivity contribution in [3.63, 3.8) is 0 Å². The fraction of sp³-hybridized carbons (Fsp3) is 0.625. The van der Waals surface area contributed by atoms with Crippen molar-refractivity contribution in [1.82, 2.24) is 5.32 Å². The highest BCUT2D eigenvalue weighted by molar-refractivity contribution is 5.39. The third-order valence-electron chi connectivity index (χ3n) is 4.44. The topological polar surface area (TPSA) is 21.3 Å². The minimum Gasteiger partial charge on any atom is -0.496 e. The van der Waals surface area contributed by atoms with Gasteiger partial charge in [0.2, 0.25) is 0 Å². The highest BCUT2D eigenvalue weighted by Gasteiger charge is 2.42. The highest BCUT2D eigenvalue weighted by atomic mass is 16.5. The van der Waals surface area contributed by atoms with Crippen LogP contribution in [0.1, 0.15) is 50.8 Å². The Morgan fingerprint density at radius 3 is 2.50 bits per heavy atom. The van der Waals surface area contributed by atoms with Crippen LogP contribution in [0, 0.1) is 12.3 Å². The number of ether oxygens (including phenoxy) is 1. The predicted octanol–water partition coefficient (Wildman–Crippen LogP) is 3.84. The maximum absolute atomic E-state index is 5.46. The van der Waals surface area contributed by atoms with Crippen LogP contribution in [0.15, 0.2) is 18.2 Å². The fourth-order valence-corrected chi connectivity index (χ4v) is 2.49. The standard InChI is InChI=1S/C16H25NO/c1-11-6-7-15(18-5)14(10-11)12(2)17-13(3)16(4)8-9-16/h6-7,10,12-13,17H,8-9H2,1-5H3. The Labute approximate surface area is 111 Å². The van der Waals surface area contributed by atoms with Crippen LogP contribution in [-0.4, -0.2) is 13.2 Å². The largest absolute Gasteiger partial charge is 0.496 e. The van der Waals surface area contributed by atoms with Crippen molar-refractivity contribution >= 4 is 0 Å². The van der Waals surface area contributed by atoms with Crippen molar-refractivity contribution in [3.05, 3.63) is 29.3 Å². The van der Waals surface area contributed by atoms with Crippen LogP contribution in [0.25, 0.3) is 0 Å². The molecule has 18 heavy (non-hydrogen) atoms. The molecule has 1 aliphatic carbocycles. The van der Waals surface area contributed by atoms with E-state index < -0.39 is 0 Å². The third kappa shape index (κ3) is 2.69. The lowest BCUT2D eigenvalue weighted by Crippen LogP contribution is -2.35. The van der Waals surface area contributed by atoms with E-state index in [4.69, 9.17) is 4.74 Å². The van der Waals surface area contributed by atoms with E-state index in [1.54, 1.807) is 7.11 Å². The third-order valence-corrected chi connectivity index (χ3v) is 4.44. The molecule has 2 rings (SSSR count). The fourth-order valence-electron chi connectivity index (χ4n) is 2.49. The Hall–Kier alpha value is -1.02. The van der Waals surface area contributed by atoms with Crippen molar-refractivity contribution in [3.8, 4) is 5.75 Å². The molecule has 0 aliphatic heterocycles. The molecule has 100 valence electrons. The maximum Gasteiger partial charge on any atom is 0.123 e. The molecule has 0 saturated heterocycles. The average molecular weight is 247 g/mol. The van der Waals surface area contributed by atoms with Gasteiger partial charge in [-0.05, 0) is 45.1 Å². The molecule has 0 radical (unpaired) electrons. The zero-order valence-corrected chi connectivity index (χ0v) is 12.2. The Bertz CT molecular complexity index is 423. The quantitative estimate of drug-likeness (QED) is 0.853. The zero-order chi connectivity index (χ0) is 13.3. The number of rotatable bonds is 5. The highest BCUT2D eigenvalue weighted by Crippen LogP contribution is 2.48. The van der Waals surface area contributed by atoms with E-state index in [9.17, 15) is 0 Å². The summed E-state index contributed by atoms with van der Waals surface area (Å²) in [5.41, 5.74) is 3.05. The van der Waals surface area contributed by atoms with Crippen molar-refractivity contribution in [2.75, 3.05) is 7.11 Å². The number of aryl methyl sites for hydroxylation is 1. The van der Waals surface area contributed by atoms with E-state index in [0.29, 0.717) is 17.5 Å². The van der Waals surface area contributed by atoms with Crippen molar-refractivity contribution in [1.29, 1.82) is 0 Å². The van der Waals surface area contributed by atoms with Gasteiger partial charge in [0.25, 0.3) is 0 Å². The lowest BCUT2D eigenvalue weighted by atomic mass is 9.97. The Morgan fingerprint density at radius 1 is 1.28 bits per heavy atom. The van der Waals surface area contributed by atoms with Gasteiger partial charge < -0.3 is 10.1 Å². The van der Waals surface area contributed by atoms with E-state index in [1.807, 2.05) is 0 Å². The van der Waals surface area contributed by atoms with Crippen LogP contribution in [0.2, 0.25) is 0 Å². The summed E-state index contributed by atoms with van der Waals surface area (Å²) in [6.45, 7) is 9.01. The van der Waals surface area contributed by atoms with E-state index in [1.165, 1.54) is 24.0 Å². The molecule has 2 atom stereocenters. The van der Waals surface area contributed by atoms with Gasteiger partial charge in [-0.25, -0.2) is 0 Å². The van der Waals surface area contributed by atoms with Crippen LogP contribution < -0.4 is 10.1 Å². The molecule has 1 fully saturated rings. The first-order valence-corrected chi connectivity index (χ1v) is 6.87. The summed E-state index contributed by atoms with van der Waals surface area (Å²) >= 11 is 0. The molecule has 0 amide bonds. The molecule has 1 saturated carbocycles. The van der Waals surface area contributed by atoms with Gasteiger partial charge in [-0.15, -0.1) is 0 Å². The van der Waals surface area contributed by atoms with E-state index >= 15 is 0 Å². The van der Waals surface area contributed by atoms with Crippen molar-refractivity contribution < 1.29 is 4.74 Å². The minimum absolute atomic E-state index is 0.326. The van der Waals surface area contributed by atoms with Gasteiger partial charge in [-0.2, -0.15) is 0 Å². The lowest BCUT2D eigenvalue weighted by molar-refractivity contribution is 0.341. The lowest BCUT2D eigenvalue weighted by Gasteiger charge is -2.26. The molecular weight excluding hydrogens is 222 g/mol. The number of hydrogen-bond donors (Lipinski definition) is 1. The molecule has 1 aliphatic rings. The molecule has 2 unspecified atom stereocenters. The second-order valence-electron chi connectivity index (χ2n) is 6.01. The van der Waals surface area contributed by atoms with Gasteiger partial charge in [0.1, 0.15) is 5.75 Å². The van der Waals surface area contributed by atoms with Crippen LogP contribution in [0.3, 0.4) is 0 Å². The number of hydrogen-bond acceptors (Lipinski definition) is 2. The maximum atomic E-state index is 5.46. The molecule has 0 heterocycles. The van der Waals surface area contributed by atoms with Gasteiger partial charge in [-0.1, -0.05) is 24.6 Å². The van der Waals surface area contributed by atoms with E-state index in [2.05, 4.69) is 51.2 Å². The molecule has 1 aromatic rings. The summed E-state index contributed by atoms with van der Waals surface area (Å²) in [4.78, 5) is 0. The second-order valence-corrected chi connectivity index (χ2v) is 6.01. The molecule has 1 aromatic carbocycles. The van der Waals surface area contributed by atoms with Gasteiger partial charge in [0.05, 0.1) is 7.11 Å². The monoisotopic (exact) mass is 247 g/mol. The zero-order valence-electron chi connectivity index (χ0n) is 12.2. The van der Waals surface area contributed by atoms with Crippen molar-refractivity contribution in [2.45, 2.75) is 52.6 Å². The van der Waals surface area contributed by atoms with Gasteiger partial charge in [-0.3, -0.25) is 0 Å². The normalized spacial score (nSPS) is 20.3. The summed E-state index contributed by atoms with van der Waals surface area (Å²) in [5.74, 6) is 0.980. The molecule has 2 nitrogen and oxygen atoms in total. The Balaban J connectivity index is 2.12. The summed E-state index contributed by atoms with van der Waals surface area (Å²) < 4.78 is 5.46. The van der Waals surface area contributed by atoms with Gasteiger partial charge in [0.15, 0.2) is 0 Å². The van der Waals surface area contributed by atoms with Crippen molar-refractivity contribution in [2.24, 2.45) is 5.41 Å². The Morgan fingerprint density at radius 2 is 1.94 bits per heavy atom. The number of nitrogens with one attached hydrogen (secondary N) is 1. The van der Waals surface area contributed by atoms with Gasteiger partial charge >= 0.3 is 0 Å². The second kappa shape index (κ2) is 4.93. The summed E-state index contributed by atoms with van der Waals surface area (Å²) in [5, 5.41) is 3.72.